The molecule has 1 saturated carbocycles. The summed E-state index contributed by atoms with van der Waals surface area (Å²) in [5.74, 6) is -23.6. The number of aliphatic hydroxyl groups is 1. The van der Waals surface area contributed by atoms with Crippen molar-refractivity contribution in [2.45, 2.75) is 28.5 Å². The summed E-state index contributed by atoms with van der Waals surface area (Å²) in [7, 11) is 2.61. The molecule has 0 spiro atoms. The quantitative estimate of drug-likeness (QED) is 0.0423. The number of alkyl halides is 2. The van der Waals surface area contributed by atoms with Crippen molar-refractivity contribution in [3.8, 4) is 5.75 Å². The van der Waals surface area contributed by atoms with Crippen LogP contribution < -0.4 is 19.4 Å². The van der Waals surface area contributed by atoms with Gasteiger partial charge in [0.1, 0.15) is 18.0 Å². The molecule has 3 aromatic carbocycles. The van der Waals surface area contributed by atoms with E-state index in [1.54, 1.807) is 0 Å². The van der Waals surface area contributed by atoms with E-state index < -0.39 is 131 Å². The molecule has 7 rings (SSSR count). The maximum absolute atomic E-state index is 15.3. The van der Waals surface area contributed by atoms with Gasteiger partial charge in [-0.25, -0.2) is 31.8 Å². The van der Waals surface area contributed by atoms with Gasteiger partial charge in [-0.2, -0.15) is 0 Å². The van der Waals surface area contributed by atoms with Crippen molar-refractivity contribution in [1.82, 2.24) is 0 Å². The van der Waals surface area contributed by atoms with Gasteiger partial charge < -0.3 is 14.7 Å². The predicted molar refractivity (Wildman–Crippen MR) is 192 cm³/mol. The SMILES string of the molecule is CN(C)c1c([N+](=O)[O-])cc(N2C(=O)C3CC=C4C(CC5(Cl)C(=O)N(c6c(F)c(F)c(F)c(F)c6F)C(=O)C5(Cl)C4c4ccc(OCCO)cc4)C3C2=O)cc1[N+](=O)[O-]. The zero-order valence-corrected chi connectivity index (χ0v) is 31.2. The van der Waals surface area contributed by atoms with Crippen LogP contribution in [0.15, 0.2) is 48.0 Å². The van der Waals surface area contributed by atoms with Gasteiger partial charge in [-0.15, -0.1) is 23.2 Å². The van der Waals surface area contributed by atoms with Gasteiger partial charge in [0.25, 0.3) is 11.8 Å². The Morgan fingerprint density at radius 1 is 0.845 bits per heavy atom. The smallest absolute Gasteiger partial charge is 0.301 e. The first-order valence-electron chi connectivity index (χ1n) is 17.1. The molecule has 6 atom stereocenters. The van der Waals surface area contributed by atoms with Crippen molar-refractivity contribution >= 4 is 75.3 Å². The average molecular weight is 855 g/mol. The number of halogens is 7. The van der Waals surface area contributed by atoms with Gasteiger partial charge in [0, 0.05) is 32.1 Å². The summed E-state index contributed by atoms with van der Waals surface area (Å²) in [6.45, 7) is -0.501. The Kier molecular flexibility index (Phi) is 9.75. The fourth-order valence-corrected chi connectivity index (χ4v) is 9.51. The Bertz CT molecular complexity index is 2360. The lowest BCUT2D eigenvalue weighted by Gasteiger charge is -2.50. The van der Waals surface area contributed by atoms with Crippen molar-refractivity contribution in [2.75, 3.05) is 42.0 Å². The van der Waals surface area contributed by atoms with Gasteiger partial charge in [0.2, 0.25) is 17.6 Å². The number of allylic oxidation sites excluding steroid dienone is 2. The minimum Gasteiger partial charge on any atom is -0.491 e. The molecule has 2 aliphatic carbocycles. The highest BCUT2D eigenvalue weighted by Gasteiger charge is 2.77. The van der Waals surface area contributed by atoms with Crippen LogP contribution in [0.3, 0.4) is 0 Å². The molecule has 6 unspecified atom stereocenters. The number of carbonyl (C=O) groups excluding carboxylic acids is 4. The van der Waals surface area contributed by atoms with Crippen molar-refractivity contribution in [2.24, 2.45) is 17.8 Å². The summed E-state index contributed by atoms with van der Waals surface area (Å²) in [6.07, 6.45) is 0.334. The number of hydrogen-bond acceptors (Lipinski definition) is 11. The van der Waals surface area contributed by atoms with E-state index in [4.69, 9.17) is 27.9 Å². The maximum Gasteiger partial charge on any atom is 0.301 e. The lowest BCUT2D eigenvalue weighted by atomic mass is 9.56. The Balaban J connectivity index is 1.40. The lowest BCUT2D eigenvalue weighted by molar-refractivity contribution is -0.392. The molecule has 0 bridgehead atoms. The van der Waals surface area contributed by atoms with Crippen molar-refractivity contribution in [1.29, 1.82) is 0 Å². The molecule has 2 saturated heterocycles. The minimum atomic E-state index is -2.83. The normalized spacial score (nSPS) is 26.3. The van der Waals surface area contributed by atoms with Gasteiger partial charge >= 0.3 is 11.4 Å². The molecule has 4 amide bonds. The molecule has 3 aromatic rings. The third-order valence-electron chi connectivity index (χ3n) is 10.9. The van der Waals surface area contributed by atoms with Crippen LogP contribution in [-0.4, -0.2) is 75.6 Å². The number of fused-ring (bicyclic) bond motifs is 4. The Morgan fingerprint density at radius 2 is 1.40 bits per heavy atom. The topological polar surface area (TPSA) is 194 Å². The molecule has 22 heteroatoms. The number of ether oxygens (including phenoxy) is 1. The van der Waals surface area contributed by atoms with Gasteiger partial charge in [-0.05, 0) is 36.5 Å². The number of anilines is 3. The summed E-state index contributed by atoms with van der Waals surface area (Å²) in [5.41, 5.74) is -4.37. The summed E-state index contributed by atoms with van der Waals surface area (Å²) in [4.78, 5) is 75.5. The van der Waals surface area contributed by atoms with Gasteiger partial charge in [0.15, 0.2) is 38.7 Å². The molecule has 2 heterocycles. The number of imide groups is 2. The van der Waals surface area contributed by atoms with Crippen LogP contribution in [0, 0.1) is 67.1 Å². The molecular weight excluding hydrogens is 828 g/mol. The largest absolute Gasteiger partial charge is 0.491 e. The van der Waals surface area contributed by atoms with Gasteiger partial charge in [0.05, 0.1) is 34.0 Å². The van der Waals surface area contributed by atoms with E-state index in [1.807, 2.05) is 0 Å². The molecule has 2 aliphatic heterocycles. The highest BCUT2D eigenvalue weighted by atomic mass is 35.5. The monoisotopic (exact) mass is 853 g/mol. The first kappa shape index (κ1) is 40.5. The van der Waals surface area contributed by atoms with Crippen LogP contribution in [0.1, 0.15) is 24.3 Å². The molecule has 3 fully saturated rings. The van der Waals surface area contributed by atoms with Crippen molar-refractivity contribution < 1.29 is 60.8 Å². The minimum absolute atomic E-state index is 0.0744. The summed E-state index contributed by atoms with van der Waals surface area (Å²) < 4.78 is 79.2. The number of hydrogen-bond donors (Lipinski definition) is 1. The van der Waals surface area contributed by atoms with Crippen LogP contribution in [0.25, 0.3) is 0 Å². The first-order valence-corrected chi connectivity index (χ1v) is 17.8. The van der Waals surface area contributed by atoms with E-state index in [9.17, 15) is 57.7 Å². The zero-order valence-electron chi connectivity index (χ0n) is 29.7. The number of nitro groups is 2. The number of benzene rings is 3. The summed E-state index contributed by atoms with van der Waals surface area (Å²) >= 11 is 14.3. The molecule has 58 heavy (non-hydrogen) atoms. The number of nitro benzene ring substituents is 2. The predicted octanol–water partition coefficient (Wildman–Crippen LogP) is 5.40. The van der Waals surface area contributed by atoms with E-state index in [-0.39, 0.29) is 41.4 Å². The second-order valence-corrected chi connectivity index (χ2v) is 15.3. The third-order valence-corrected chi connectivity index (χ3v) is 12.4. The number of nitrogens with zero attached hydrogens (tertiary/aromatic N) is 5. The molecule has 0 radical (unpaired) electrons. The number of aliphatic hydroxyl groups excluding tert-OH is 1. The van der Waals surface area contributed by atoms with E-state index in [2.05, 4.69) is 0 Å². The van der Waals surface area contributed by atoms with E-state index in [0.29, 0.717) is 4.90 Å². The van der Waals surface area contributed by atoms with Crippen LogP contribution in [0.2, 0.25) is 0 Å². The molecular formula is C36H26Cl2F5N5O10. The summed E-state index contributed by atoms with van der Waals surface area (Å²) in [6, 6.07) is 7.05. The third kappa shape index (κ3) is 5.48. The number of carbonyl (C=O) groups is 4. The van der Waals surface area contributed by atoms with Gasteiger partial charge in [-0.1, -0.05) is 23.8 Å². The van der Waals surface area contributed by atoms with Crippen molar-refractivity contribution in [3.63, 3.8) is 0 Å². The fraction of sp³-hybridized carbons (Fsp3) is 0.333. The average Bonchev–Trinajstić information content (AvgIpc) is 3.52. The Morgan fingerprint density at radius 3 is 1.91 bits per heavy atom. The van der Waals surface area contributed by atoms with E-state index in [0.717, 1.165) is 17.0 Å². The molecule has 1 N–H and O–H groups in total. The highest BCUT2D eigenvalue weighted by molar-refractivity contribution is 6.58. The molecule has 304 valence electrons. The van der Waals surface area contributed by atoms with Crippen LogP contribution in [-0.2, 0) is 19.2 Å². The lowest BCUT2D eigenvalue weighted by Crippen LogP contribution is -2.60. The van der Waals surface area contributed by atoms with Crippen LogP contribution in [0.5, 0.6) is 5.75 Å². The van der Waals surface area contributed by atoms with Crippen molar-refractivity contribution in [3.05, 3.63) is 103 Å². The van der Waals surface area contributed by atoms with E-state index in [1.165, 1.54) is 44.4 Å². The number of amides is 4. The second kappa shape index (κ2) is 14.0. The molecule has 15 nitrogen and oxygen atoms in total. The van der Waals surface area contributed by atoms with Crippen LogP contribution >= 0.6 is 23.2 Å². The maximum atomic E-state index is 15.3. The number of rotatable bonds is 9. The zero-order chi connectivity index (χ0) is 42.5. The van der Waals surface area contributed by atoms with Gasteiger partial charge in [-0.3, -0.25) is 39.4 Å². The Labute approximate surface area is 332 Å². The Hall–Kier alpha value is -5.73. The second-order valence-electron chi connectivity index (χ2n) is 14.1. The fourth-order valence-electron chi connectivity index (χ4n) is 8.57. The molecule has 4 aliphatic rings. The van der Waals surface area contributed by atoms with E-state index >= 15 is 8.78 Å². The first-order chi connectivity index (χ1) is 27.2. The standard InChI is InChI=1S/C36H26Cl2F5N5O10/c1-44(2)29-20(47(54)55)11-15(12-21(29)48(56)57)45-31(50)18-8-7-17-19(22(18)32(45)51)13-35(37)33(52)46(30-27(42)25(40)24(39)26(41)28(30)43)34(53)36(35,38)23(17)14-3-5-16(6-4-14)58-10-9-49/h3-7,11-12,18-19,22-23,49H,8-10,13H2,1-2H3. The highest BCUT2D eigenvalue weighted by Crippen LogP contribution is 2.66. The molecule has 0 aromatic heterocycles. The van der Waals surface area contributed by atoms with Crippen LogP contribution in [0.4, 0.5) is 50.4 Å². The summed E-state index contributed by atoms with van der Waals surface area (Å²) in [5, 5.41) is 33.4.